The highest BCUT2D eigenvalue weighted by molar-refractivity contribution is 9.10. The summed E-state index contributed by atoms with van der Waals surface area (Å²) in [7, 11) is 0. The number of para-hydroxylation sites is 1. The minimum atomic E-state index is -1.09. The Labute approximate surface area is 131 Å². The maximum absolute atomic E-state index is 12.1. The molecule has 1 aromatic carbocycles. The van der Waals surface area contributed by atoms with Crippen LogP contribution in [-0.4, -0.2) is 35.9 Å². The number of ether oxygens (including phenoxy) is 1. The van der Waals surface area contributed by atoms with Crippen LogP contribution in [0.5, 0.6) is 0 Å². The number of aromatic carboxylic acids is 1. The van der Waals surface area contributed by atoms with E-state index in [2.05, 4.69) is 26.6 Å². The van der Waals surface area contributed by atoms with Crippen LogP contribution in [0.1, 0.15) is 30.1 Å². The Morgan fingerprint density at radius 3 is 2.62 bits per heavy atom. The van der Waals surface area contributed by atoms with Crippen LogP contribution in [0.4, 0.5) is 10.5 Å². The molecule has 2 rings (SSSR count). The molecule has 0 bridgehead atoms. The summed E-state index contributed by atoms with van der Waals surface area (Å²) in [5.41, 5.74) is -0.0534. The summed E-state index contributed by atoms with van der Waals surface area (Å²) in [6.07, 6.45) is 1.45. The fourth-order valence-corrected chi connectivity index (χ4v) is 2.66. The van der Waals surface area contributed by atoms with Crippen LogP contribution in [0.15, 0.2) is 22.7 Å². The third kappa shape index (κ3) is 3.95. The Bertz CT molecular complexity index is 556. The number of carbonyl (C=O) groups is 2. The van der Waals surface area contributed by atoms with E-state index in [-0.39, 0.29) is 16.8 Å². The van der Waals surface area contributed by atoms with Gasteiger partial charge in [0.2, 0.25) is 0 Å². The zero-order valence-electron chi connectivity index (χ0n) is 11.6. The third-order valence-corrected chi connectivity index (χ3v) is 4.16. The fraction of sp³-hybridized carbons (Fsp3) is 0.429. The predicted molar refractivity (Wildman–Crippen MR) is 81.7 cm³/mol. The van der Waals surface area contributed by atoms with Gasteiger partial charge in [0, 0.05) is 23.2 Å². The van der Waals surface area contributed by atoms with Gasteiger partial charge in [0.1, 0.15) is 0 Å². The molecule has 21 heavy (non-hydrogen) atoms. The van der Waals surface area contributed by atoms with Crippen molar-refractivity contribution in [2.24, 2.45) is 0 Å². The van der Waals surface area contributed by atoms with Gasteiger partial charge in [-0.2, -0.15) is 0 Å². The van der Waals surface area contributed by atoms with Crippen molar-refractivity contribution in [1.82, 2.24) is 5.32 Å². The average Bonchev–Trinajstić information content (AvgIpc) is 2.41. The predicted octanol–water partition coefficient (Wildman–Crippen LogP) is 2.84. The number of anilines is 1. The minimum absolute atomic E-state index is 0.0386. The summed E-state index contributed by atoms with van der Waals surface area (Å²) in [5.74, 6) is -1.09. The number of benzene rings is 1. The zero-order valence-corrected chi connectivity index (χ0v) is 13.2. The van der Waals surface area contributed by atoms with Crippen molar-refractivity contribution in [3.05, 3.63) is 28.2 Å². The van der Waals surface area contributed by atoms with E-state index in [1.807, 2.05) is 6.92 Å². The van der Waals surface area contributed by atoms with Crippen molar-refractivity contribution < 1.29 is 19.4 Å². The molecule has 1 saturated heterocycles. The normalized spacial score (nSPS) is 17.0. The third-order valence-electron chi connectivity index (χ3n) is 3.49. The number of nitrogens with one attached hydrogen (secondary N) is 2. The molecule has 6 nitrogen and oxygen atoms in total. The van der Waals surface area contributed by atoms with Crippen molar-refractivity contribution in [2.75, 3.05) is 18.5 Å². The van der Waals surface area contributed by atoms with Crippen LogP contribution < -0.4 is 10.6 Å². The highest BCUT2D eigenvalue weighted by Gasteiger charge is 2.29. The first-order valence-electron chi connectivity index (χ1n) is 6.60. The number of amides is 2. The molecule has 0 aliphatic carbocycles. The second-order valence-corrected chi connectivity index (χ2v) is 6.07. The smallest absolute Gasteiger partial charge is 0.337 e. The molecule has 0 spiro atoms. The molecule has 2 amide bonds. The molecule has 1 fully saturated rings. The summed E-state index contributed by atoms with van der Waals surface area (Å²) >= 11 is 3.26. The summed E-state index contributed by atoms with van der Waals surface area (Å²) in [6.45, 7) is 3.16. The number of carboxylic acids is 1. The van der Waals surface area contributed by atoms with Crippen molar-refractivity contribution in [1.29, 1.82) is 0 Å². The van der Waals surface area contributed by atoms with Crippen molar-refractivity contribution >= 4 is 33.6 Å². The number of urea groups is 1. The molecule has 0 radical (unpaired) electrons. The van der Waals surface area contributed by atoms with Crippen molar-refractivity contribution in [3.63, 3.8) is 0 Å². The molecule has 0 aromatic heterocycles. The topological polar surface area (TPSA) is 87.7 Å². The number of carboxylic acid groups (broad SMARTS) is 1. The Kier molecular flexibility index (Phi) is 4.84. The summed E-state index contributed by atoms with van der Waals surface area (Å²) < 4.78 is 5.80. The zero-order chi connectivity index (χ0) is 15.5. The van der Waals surface area contributed by atoms with Gasteiger partial charge in [0.15, 0.2) is 0 Å². The molecule has 0 unspecified atom stereocenters. The summed E-state index contributed by atoms with van der Waals surface area (Å²) in [6, 6.07) is 4.31. The van der Waals surface area contributed by atoms with Crippen LogP contribution in [0, 0.1) is 0 Å². The molecule has 1 heterocycles. The van der Waals surface area contributed by atoms with Crippen molar-refractivity contribution in [2.45, 2.75) is 25.3 Å². The van der Waals surface area contributed by atoms with E-state index in [4.69, 9.17) is 9.84 Å². The van der Waals surface area contributed by atoms with Crippen LogP contribution in [0.3, 0.4) is 0 Å². The van der Waals surface area contributed by atoms with Gasteiger partial charge in [-0.05, 0) is 47.8 Å². The Balaban J connectivity index is 2.11. The van der Waals surface area contributed by atoms with Crippen LogP contribution in [0.2, 0.25) is 0 Å². The number of carbonyl (C=O) groups excluding carboxylic acids is 1. The van der Waals surface area contributed by atoms with E-state index in [0.717, 1.165) is 12.8 Å². The Hall–Kier alpha value is -1.60. The standard InChI is InChI=1S/C14H17BrN2O4/c1-14(5-7-21-8-6-14)17-13(20)16-11-9(12(18)19)3-2-4-10(11)15/h2-4H,5-8H2,1H3,(H,18,19)(H2,16,17,20). The van der Waals surface area contributed by atoms with E-state index in [0.29, 0.717) is 17.7 Å². The minimum Gasteiger partial charge on any atom is -0.478 e. The molecule has 1 aromatic rings. The largest absolute Gasteiger partial charge is 0.478 e. The molecule has 7 heteroatoms. The Morgan fingerprint density at radius 2 is 2.00 bits per heavy atom. The highest BCUT2D eigenvalue weighted by atomic mass is 79.9. The lowest BCUT2D eigenvalue weighted by molar-refractivity contribution is 0.0499. The maximum atomic E-state index is 12.1. The molecule has 0 atom stereocenters. The van der Waals surface area contributed by atoms with Crippen molar-refractivity contribution in [3.8, 4) is 0 Å². The molecule has 114 valence electrons. The monoisotopic (exact) mass is 356 g/mol. The summed E-state index contributed by atoms with van der Waals surface area (Å²) in [5, 5.41) is 14.7. The first-order chi connectivity index (χ1) is 9.91. The number of hydrogen-bond acceptors (Lipinski definition) is 3. The second kappa shape index (κ2) is 6.44. The van der Waals surface area contributed by atoms with Gasteiger partial charge < -0.3 is 20.5 Å². The van der Waals surface area contributed by atoms with Crippen LogP contribution in [0.25, 0.3) is 0 Å². The van der Waals surface area contributed by atoms with E-state index >= 15 is 0 Å². The van der Waals surface area contributed by atoms with E-state index < -0.39 is 12.0 Å². The quantitative estimate of drug-likeness (QED) is 0.776. The first-order valence-corrected chi connectivity index (χ1v) is 7.39. The average molecular weight is 357 g/mol. The lowest BCUT2D eigenvalue weighted by atomic mass is 9.93. The van der Waals surface area contributed by atoms with Crippen LogP contribution >= 0.6 is 15.9 Å². The molecule has 0 saturated carbocycles. The Morgan fingerprint density at radius 1 is 1.33 bits per heavy atom. The number of rotatable bonds is 3. The van der Waals surface area contributed by atoms with Gasteiger partial charge >= 0.3 is 12.0 Å². The lowest BCUT2D eigenvalue weighted by Gasteiger charge is -2.34. The number of hydrogen-bond donors (Lipinski definition) is 3. The van der Waals surface area contributed by atoms with Gasteiger partial charge in [0.05, 0.1) is 11.3 Å². The highest BCUT2D eigenvalue weighted by Crippen LogP contribution is 2.27. The van der Waals surface area contributed by atoms with Gasteiger partial charge in [-0.15, -0.1) is 0 Å². The van der Waals surface area contributed by atoms with E-state index in [1.165, 1.54) is 6.07 Å². The van der Waals surface area contributed by atoms with E-state index in [1.54, 1.807) is 12.1 Å². The van der Waals surface area contributed by atoms with E-state index in [9.17, 15) is 9.59 Å². The SMILES string of the molecule is CC1(NC(=O)Nc2c(Br)cccc2C(=O)O)CCOCC1. The molecule has 1 aliphatic heterocycles. The first kappa shape index (κ1) is 15.8. The van der Waals surface area contributed by atoms with Gasteiger partial charge in [0.25, 0.3) is 0 Å². The lowest BCUT2D eigenvalue weighted by Crippen LogP contribution is -2.51. The molecule has 3 N–H and O–H groups in total. The second-order valence-electron chi connectivity index (χ2n) is 5.22. The van der Waals surface area contributed by atoms with Gasteiger partial charge in [-0.25, -0.2) is 9.59 Å². The fourth-order valence-electron chi connectivity index (χ4n) is 2.20. The number of halogens is 1. The van der Waals surface area contributed by atoms with Gasteiger partial charge in [-0.1, -0.05) is 6.07 Å². The van der Waals surface area contributed by atoms with Gasteiger partial charge in [-0.3, -0.25) is 0 Å². The molecule has 1 aliphatic rings. The maximum Gasteiger partial charge on any atom is 0.337 e. The molecular formula is C14H17BrN2O4. The van der Waals surface area contributed by atoms with Crippen LogP contribution in [-0.2, 0) is 4.74 Å². The molecular weight excluding hydrogens is 340 g/mol. The summed E-state index contributed by atoms with van der Waals surface area (Å²) in [4.78, 5) is 23.3.